The number of nitrogens with two attached hydrogens (primary N) is 2. The predicted molar refractivity (Wildman–Crippen MR) is 110 cm³/mol. The molecule has 158 valence electrons. The predicted octanol–water partition coefficient (Wildman–Crippen LogP) is 4.02. The van der Waals surface area contributed by atoms with E-state index in [1.165, 1.54) is 18.2 Å². The van der Waals surface area contributed by atoms with Gasteiger partial charge in [0, 0.05) is 23.5 Å². The first-order valence-electron chi connectivity index (χ1n) is 9.45. The molecule has 0 radical (unpaired) electrons. The number of hydrogen-bond acceptors (Lipinski definition) is 4. The second-order valence-electron chi connectivity index (χ2n) is 6.91. The Morgan fingerprint density at radius 1 is 1.17 bits per heavy atom. The molecule has 0 atom stereocenters. The van der Waals surface area contributed by atoms with Crippen molar-refractivity contribution < 1.29 is 18.0 Å². The second kappa shape index (κ2) is 9.76. The van der Waals surface area contributed by atoms with E-state index in [1.54, 1.807) is 19.1 Å². The highest BCUT2D eigenvalue weighted by Gasteiger charge is 2.34. The van der Waals surface area contributed by atoms with Crippen LogP contribution >= 0.6 is 0 Å². The lowest BCUT2D eigenvalue weighted by atomic mass is 10.0. The van der Waals surface area contributed by atoms with Crippen LogP contribution in [0.25, 0.3) is 0 Å². The van der Waals surface area contributed by atoms with Gasteiger partial charge in [-0.1, -0.05) is 19.1 Å². The molecule has 0 saturated heterocycles. The average molecular weight is 408 g/mol. The summed E-state index contributed by atoms with van der Waals surface area (Å²) in [6.45, 7) is 5.58. The molecular weight excluding hydrogens is 381 g/mol. The van der Waals surface area contributed by atoms with E-state index in [2.05, 4.69) is 5.32 Å². The minimum absolute atomic E-state index is 0.0789. The van der Waals surface area contributed by atoms with E-state index in [1.807, 2.05) is 11.8 Å². The van der Waals surface area contributed by atoms with Crippen molar-refractivity contribution >= 4 is 17.3 Å². The third-order valence-corrected chi connectivity index (χ3v) is 4.73. The van der Waals surface area contributed by atoms with Gasteiger partial charge in [-0.15, -0.1) is 0 Å². The van der Waals surface area contributed by atoms with E-state index in [-0.39, 0.29) is 23.4 Å². The number of halogens is 3. The minimum Gasteiger partial charge on any atom is -0.398 e. The SMILES string of the molecule is CCN(CCCN)Cc1ccc(NC(=O)c2ccc(C)c(N)c2)cc1C(F)(F)F. The molecule has 2 aromatic rings. The summed E-state index contributed by atoms with van der Waals surface area (Å²) in [6, 6.07) is 8.64. The number of rotatable bonds is 8. The van der Waals surface area contributed by atoms with Crippen molar-refractivity contribution in [3.8, 4) is 0 Å². The van der Waals surface area contributed by atoms with Crippen LogP contribution in [0.3, 0.4) is 0 Å². The lowest BCUT2D eigenvalue weighted by Crippen LogP contribution is -2.27. The molecule has 8 heteroatoms. The smallest absolute Gasteiger partial charge is 0.398 e. The molecule has 5 nitrogen and oxygen atoms in total. The van der Waals surface area contributed by atoms with Crippen molar-refractivity contribution in [3.63, 3.8) is 0 Å². The van der Waals surface area contributed by atoms with Crippen molar-refractivity contribution in [2.45, 2.75) is 33.0 Å². The Hall–Kier alpha value is -2.58. The van der Waals surface area contributed by atoms with Crippen molar-refractivity contribution in [2.75, 3.05) is 30.7 Å². The lowest BCUT2D eigenvalue weighted by molar-refractivity contribution is -0.138. The molecule has 0 aliphatic rings. The normalized spacial score (nSPS) is 11.7. The van der Waals surface area contributed by atoms with Gasteiger partial charge in [0.05, 0.1) is 5.56 Å². The van der Waals surface area contributed by atoms with Gasteiger partial charge in [0.25, 0.3) is 5.91 Å². The Kier molecular flexibility index (Phi) is 7.64. The number of benzene rings is 2. The zero-order valence-corrected chi connectivity index (χ0v) is 16.6. The molecule has 0 fully saturated rings. The van der Waals surface area contributed by atoms with E-state index in [0.717, 1.165) is 11.6 Å². The van der Waals surface area contributed by atoms with E-state index in [9.17, 15) is 18.0 Å². The maximum atomic E-state index is 13.6. The number of nitrogens with zero attached hydrogens (tertiary/aromatic N) is 1. The van der Waals surface area contributed by atoms with Crippen LogP contribution in [0.1, 0.15) is 40.4 Å². The van der Waals surface area contributed by atoms with Crippen molar-refractivity contribution in [2.24, 2.45) is 5.73 Å². The van der Waals surface area contributed by atoms with Gasteiger partial charge in [-0.05, 0) is 68.4 Å². The highest BCUT2D eigenvalue weighted by Crippen LogP contribution is 2.34. The molecule has 0 spiro atoms. The maximum Gasteiger partial charge on any atom is 0.416 e. The second-order valence-corrected chi connectivity index (χ2v) is 6.91. The summed E-state index contributed by atoms with van der Waals surface area (Å²) in [5.74, 6) is -0.518. The third-order valence-electron chi connectivity index (χ3n) is 4.73. The molecular formula is C21H27F3N4O. The largest absolute Gasteiger partial charge is 0.416 e. The summed E-state index contributed by atoms with van der Waals surface area (Å²) in [5, 5.41) is 2.52. The Balaban J connectivity index is 2.26. The first-order valence-corrected chi connectivity index (χ1v) is 9.45. The summed E-state index contributed by atoms with van der Waals surface area (Å²) in [6.07, 6.45) is -3.82. The van der Waals surface area contributed by atoms with Gasteiger partial charge >= 0.3 is 6.18 Å². The zero-order valence-electron chi connectivity index (χ0n) is 16.6. The molecule has 1 amide bonds. The van der Waals surface area contributed by atoms with Crippen LogP contribution in [-0.4, -0.2) is 30.4 Å². The van der Waals surface area contributed by atoms with E-state index < -0.39 is 17.6 Å². The maximum absolute atomic E-state index is 13.6. The summed E-state index contributed by atoms with van der Waals surface area (Å²) in [4.78, 5) is 14.3. The first-order chi connectivity index (χ1) is 13.7. The molecule has 0 unspecified atom stereocenters. The molecule has 0 aliphatic carbocycles. The van der Waals surface area contributed by atoms with E-state index >= 15 is 0 Å². The van der Waals surface area contributed by atoms with Gasteiger partial charge in [-0.3, -0.25) is 9.69 Å². The molecule has 0 heterocycles. The fraction of sp³-hybridized carbons (Fsp3) is 0.381. The molecule has 0 saturated carbocycles. The number of aryl methyl sites for hydroxylation is 1. The summed E-state index contributed by atoms with van der Waals surface area (Å²) >= 11 is 0. The third kappa shape index (κ3) is 6.20. The van der Waals surface area contributed by atoms with E-state index in [4.69, 9.17) is 11.5 Å². The van der Waals surface area contributed by atoms with Gasteiger partial charge in [0.15, 0.2) is 0 Å². The zero-order chi connectivity index (χ0) is 21.6. The van der Waals surface area contributed by atoms with Crippen LogP contribution in [0.5, 0.6) is 0 Å². The fourth-order valence-electron chi connectivity index (χ4n) is 2.95. The van der Waals surface area contributed by atoms with Crippen LogP contribution < -0.4 is 16.8 Å². The number of alkyl halides is 3. The number of nitrogen functional groups attached to an aromatic ring is 1. The molecule has 2 rings (SSSR count). The highest BCUT2D eigenvalue weighted by molar-refractivity contribution is 6.04. The molecule has 0 aromatic heterocycles. The quantitative estimate of drug-likeness (QED) is 0.576. The first kappa shape index (κ1) is 22.7. The van der Waals surface area contributed by atoms with Crippen molar-refractivity contribution in [1.29, 1.82) is 0 Å². The van der Waals surface area contributed by atoms with Crippen molar-refractivity contribution in [1.82, 2.24) is 4.90 Å². The number of anilines is 2. The van der Waals surface area contributed by atoms with Crippen LogP contribution in [0.4, 0.5) is 24.5 Å². The number of carbonyl (C=O) groups is 1. The molecule has 29 heavy (non-hydrogen) atoms. The Labute approximate surface area is 168 Å². The number of hydrogen-bond donors (Lipinski definition) is 3. The average Bonchev–Trinajstić information content (AvgIpc) is 2.67. The van der Waals surface area contributed by atoms with Gasteiger partial charge in [0.1, 0.15) is 0 Å². The van der Waals surface area contributed by atoms with E-state index in [0.29, 0.717) is 31.7 Å². The lowest BCUT2D eigenvalue weighted by Gasteiger charge is -2.23. The highest BCUT2D eigenvalue weighted by atomic mass is 19.4. The fourth-order valence-corrected chi connectivity index (χ4v) is 2.95. The van der Waals surface area contributed by atoms with Gasteiger partial charge < -0.3 is 16.8 Å². The standard InChI is InChI=1S/C21H27F3N4O/c1-3-28(10-4-9-25)13-16-7-8-17(12-18(16)21(22,23)24)27-20(29)15-6-5-14(2)19(26)11-15/h5-8,11-12H,3-4,9-10,13,25-26H2,1-2H3,(H,27,29). The van der Waals surface area contributed by atoms with Crippen LogP contribution in [0.15, 0.2) is 36.4 Å². The number of amides is 1. The molecule has 0 bridgehead atoms. The van der Waals surface area contributed by atoms with Gasteiger partial charge in [-0.25, -0.2) is 0 Å². The van der Waals surface area contributed by atoms with Crippen LogP contribution in [0, 0.1) is 6.92 Å². The number of nitrogens with one attached hydrogen (secondary N) is 1. The minimum atomic E-state index is -4.53. The Morgan fingerprint density at radius 3 is 2.48 bits per heavy atom. The molecule has 5 N–H and O–H groups in total. The van der Waals surface area contributed by atoms with Gasteiger partial charge in [-0.2, -0.15) is 13.2 Å². The summed E-state index contributed by atoms with van der Waals surface area (Å²) < 4.78 is 40.9. The number of carbonyl (C=O) groups excluding carboxylic acids is 1. The van der Waals surface area contributed by atoms with Crippen LogP contribution in [-0.2, 0) is 12.7 Å². The van der Waals surface area contributed by atoms with Crippen LogP contribution in [0.2, 0.25) is 0 Å². The van der Waals surface area contributed by atoms with Crippen molar-refractivity contribution in [3.05, 3.63) is 58.7 Å². The molecule has 0 aliphatic heterocycles. The van der Waals surface area contributed by atoms with Gasteiger partial charge in [0.2, 0.25) is 0 Å². The summed E-state index contributed by atoms with van der Waals surface area (Å²) in [5.41, 5.74) is 12.3. The Bertz CT molecular complexity index is 852. The summed E-state index contributed by atoms with van der Waals surface area (Å²) in [7, 11) is 0. The monoisotopic (exact) mass is 408 g/mol. The Morgan fingerprint density at radius 2 is 1.90 bits per heavy atom. The molecule has 2 aromatic carbocycles. The topological polar surface area (TPSA) is 84.4 Å².